The predicted octanol–water partition coefficient (Wildman–Crippen LogP) is 3.39. The fourth-order valence-electron chi connectivity index (χ4n) is 3.41. The molecule has 2 aliphatic heterocycles. The third kappa shape index (κ3) is 3.27. The van der Waals surface area contributed by atoms with Crippen LogP contribution in [0.2, 0.25) is 0 Å². The summed E-state index contributed by atoms with van der Waals surface area (Å²) >= 11 is 1.69. The van der Waals surface area contributed by atoms with E-state index in [-0.39, 0.29) is 6.04 Å². The standard InChI is InChI=1S/C19H22N2O3S/c1-2-25-21-17-11-23-10-16-14(8-20-9-15(16)17)12-3-4-19-13(7-12)18(22)5-6-24-19/h3-4,7-9,17-18,21-22H,2,5-6,10-11H2,1H3. The Kier molecular flexibility index (Phi) is 4.94. The molecule has 1 aromatic heterocycles. The molecule has 6 heteroatoms. The highest BCUT2D eigenvalue weighted by Gasteiger charge is 2.25. The molecule has 2 unspecified atom stereocenters. The third-order valence-corrected chi connectivity index (χ3v) is 5.44. The molecule has 5 nitrogen and oxygen atoms in total. The minimum Gasteiger partial charge on any atom is -0.493 e. The molecule has 0 spiro atoms. The van der Waals surface area contributed by atoms with Gasteiger partial charge in [-0.3, -0.25) is 9.71 Å². The van der Waals surface area contributed by atoms with Crippen molar-refractivity contribution in [1.29, 1.82) is 0 Å². The molecule has 3 heterocycles. The van der Waals surface area contributed by atoms with E-state index in [4.69, 9.17) is 9.47 Å². The van der Waals surface area contributed by atoms with Crippen molar-refractivity contribution in [3.05, 3.63) is 47.3 Å². The number of aromatic nitrogens is 1. The van der Waals surface area contributed by atoms with E-state index in [1.54, 1.807) is 11.9 Å². The molecule has 2 atom stereocenters. The monoisotopic (exact) mass is 358 g/mol. The Hall–Kier alpha value is -1.60. The number of nitrogens with one attached hydrogen (secondary N) is 1. The van der Waals surface area contributed by atoms with Gasteiger partial charge in [-0.1, -0.05) is 24.9 Å². The second-order valence-electron chi connectivity index (χ2n) is 6.28. The number of pyridine rings is 1. The van der Waals surface area contributed by atoms with Crippen LogP contribution in [0.5, 0.6) is 5.75 Å². The minimum absolute atomic E-state index is 0.146. The Labute approximate surface area is 151 Å². The summed E-state index contributed by atoms with van der Waals surface area (Å²) in [5.74, 6) is 1.78. The minimum atomic E-state index is -0.470. The molecule has 0 radical (unpaired) electrons. The molecule has 0 saturated carbocycles. The second kappa shape index (κ2) is 7.33. The van der Waals surface area contributed by atoms with Gasteiger partial charge in [0, 0.05) is 35.7 Å². The van der Waals surface area contributed by atoms with Crippen LogP contribution in [0.3, 0.4) is 0 Å². The number of rotatable bonds is 4. The average Bonchev–Trinajstić information content (AvgIpc) is 2.66. The largest absolute Gasteiger partial charge is 0.493 e. The number of ether oxygens (including phenoxy) is 2. The first-order valence-corrected chi connectivity index (χ1v) is 9.63. The van der Waals surface area contributed by atoms with Crippen molar-refractivity contribution >= 4 is 11.9 Å². The van der Waals surface area contributed by atoms with Crippen LogP contribution in [0.15, 0.2) is 30.6 Å². The molecule has 0 amide bonds. The number of aliphatic hydroxyl groups is 1. The lowest BCUT2D eigenvalue weighted by Gasteiger charge is -2.28. The lowest BCUT2D eigenvalue weighted by atomic mass is 9.92. The number of hydrogen-bond donors (Lipinski definition) is 2. The van der Waals surface area contributed by atoms with Crippen LogP contribution in [0.25, 0.3) is 11.1 Å². The number of hydrogen-bond acceptors (Lipinski definition) is 6. The molecule has 2 N–H and O–H groups in total. The van der Waals surface area contributed by atoms with Gasteiger partial charge < -0.3 is 14.6 Å². The lowest BCUT2D eigenvalue weighted by Crippen LogP contribution is -2.26. The Bertz CT molecular complexity index is 768. The average molecular weight is 358 g/mol. The molecule has 2 aromatic rings. The van der Waals surface area contributed by atoms with Gasteiger partial charge in [0.1, 0.15) is 5.75 Å². The van der Waals surface area contributed by atoms with Crippen molar-refractivity contribution in [3.8, 4) is 16.9 Å². The summed E-state index contributed by atoms with van der Waals surface area (Å²) in [7, 11) is 0. The highest BCUT2D eigenvalue weighted by Crippen LogP contribution is 2.38. The molecule has 25 heavy (non-hydrogen) atoms. The lowest BCUT2D eigenvalue weighted by molar-refractivity contribution is 0.0892. The van der Waals surface area contributed by atoms with Gasteiger partial charge in [-0.05, 0) is 28.8 Å². The van der Waals surface area contributed by atoms with Gasteiger partial charge in [0.15, 0.2) is 0 Å². The van der Waals surface area contributed by atoms with E-state index in [9.17, 15) is 5.11 Å². The maximum absolute atomic E-state index is 10.3. The van der Waals surface area contributed by atoms with Crippen molar-refractivity contribution in [1.82, 2.24) is 9.71 Å². The summed E-state index contributed by atoms with van der Waals surface area (Å²) in [5, 5.41) is 10.3. The maximum atomic E-state index is 10.3. The topological polar surface area (TPSA) is 63.6 Å². The Morgan fingerprint density at radius 3 is 3.12 bits per heavy atom. The fraction of sp³-hybridized carbons (Fsp3) is 0.421. The van der Waals surface area contributed by atoms with Crippen LogP contribution in [0, 0.1) is 0 Å². The molecular formula is C19H22N2O3S. The van der Waals surface area contributed by atoms with E-state index in [0.717, 1.165) is 28.2 Å². The number of aliphatic hydroxyl groups excluding tert-OH is 1. The van der Waals surface area contributed by atoms with Gasteiger partial charge in [-0.25, -0.2) is 0 Å². The van der Waals surface area contributed by atoms with Gasteiger partial charge in [-0.15, -0.1) is 0 Å². The van der Waals surface area contributed by atoms with E-state index < -0.39 is 6.10 Å². The highest BCUT2D eigenvalue weighted by atomic mass is 32.2. The van der Waals surface area contributed by atoms with Crippen LogP contribution < -0.4 is 9.46 Å². The summed E-state index contributed by atoms with van der Waals surface area (Å²) < 4.78 is 14.9. The third-order valence-electron chi connectivity index (χ3n) is 4.70. The predicted molar refractivity (Wildman–Crippen MR) is 98.4 cm³/mol. The molecule has 132 valence electrons. The van der Waals surface area contributed by atoms with E-state index in [0.29, 0.717) is 26.2 Å². The van der Waals surface area contributed by atoms with Crippen molar-refractivity contribution in [2.24, 2.45) is 0 Å². The molecule has 0 saturated heterocycles. The summed E-state index contributed by atoms with van der Waals surface area (Å²) in [6, 6.07) is 6.15. The Morgan fingerprint density at radius 1 is 1.32 bits per heavy atom. The van der Waals surface area contributed by atoms with E-state index in [1.807, 2.05) is 30.6 Å². The molecule has 0 fully saturated rings. The smallest absolute Gasteiger partial charge is 0.125 e. The van der Waals surface area contributed by atoms with Gasteiger partial charge >= 0.3 is 0 Å². The maximum Gasteiger partial charge on any atom is 0.125 e. The van der Waals surface area contributed by atoms with Crippen LogP contribution in [-0.2, 0) is 11.3 Å². The zero-order valence-electron chi connectivity index (χ0n) is 14.2. The number of benzene rings is 1. The van der Waals surface area contributed by atoms with Crippen molar-refractivity contribution in [2.75, 3.05) is 19.0 Å². The van der Waals surface area contributed by atoms with Crippen molar-refractivity contribution in [3.63, 3.8) is 0 Å². The SMILES string of the molecule is CCSNC1COCc2c(-c3ccc4c(c3)C(O)CCO4)cncc21. The van der Waals surface area contributed by atoms with Gasteiger partial charge in [0.25, 0.3) is 0 Å². The second-order valence-corrected chi connectivity index (χ2v) is 7.38. The molecule has 4 rings (SSSR count). The normalized spacial score (nSPS) is 22.0. The van der Waals surface area contributed by atoms with Crippen LogP contribution in [0.4, 0.5) is 0 Å². The molecule has 1 aromatic carbocycles. The highest BCUT2D eigenvalue weighted by molar-refractivity contribution is 7.97. The Balaban J connectivity index is 1.73. The van der Waals surface area contributed by atoms with Gasteiger partial charge in [0.2, 0.25) is 0 Å². The summed E-state index contributed by atoms with van der Waals surface area (Å²) in [5.41, 5.74) is 5.32. The molecule has 2 aliphatic rings. The first-order chi connectivity index (χ1) is 12.3. The van der Waals surface area contributed by atoms with E-state index in [2.05, 4.69) is 16.6 Å². The zero-order valence-corrected chi connectivity index (χ0v) is 15.0. The van der Waals surface area contributed by atoms with Crippen LogP contribution >= 0.6 is 11.9 Å². The zero-order chi connectivity index (χ0) is 17.2. The first kappa shape index (κ1) is 16.8. The number of fused-ring (bicyclic) bond motifs is 2. The molecular weight excluding hydrogens is 336 g/mol. The van der Waals surface area contributed by atoms with Gasteiger partial charge in [-0.2, -0.15) is 0 Å². The van der Waals surface area contributed by atoms with Gasteiger partial charge in [0.05, 0.1) is 32.0 Å². The van der Waals surface area contributed by atoms with Crippen LogP contribution in [0.1, 0.15) is 42.2 Å². The first-order valence-electron chi connectivity index (χ1n) is 8.65. The Morgan fingerprint density at radius 2 is 2.24 bits per heavy atom. The molecule has 0 aliphatic carbocycles. The summed E-state index contributed by atoms with van der Waals surface area (Å²) in [6.07, 6.45) is 3.98. The molecule has 0 bridgehead atoms. The summed E-state index contributed by atoms with van der Waals surface area (Å²) in [6.45, 7) is 3.92. The quantitative estimate of drug-likeness (QED) is 0.817. The summed E-state index contributed by atoms with van der Waals surface area (Å²) in [4.78, 5) is 4.47. The fourth-order valence-corrected chi connectivity index (χ4v) is 3.97. The van der Waals surface area contributed by atoms with Crippen molar-refractivity contribution < 1.29 is 14.6 Å². The van der Waals surface area contributed by atoms with Crippen LogP contribution in [-0.4, -0.2) is 29.1 Å². The van der Waals surface area contributed by atoms with E-state index >= 15 is 0 Å². The van der Waals surface area contributed by atoms with Crippen molar-refractivity contribution in [2.45, 2.75) is 32.1 Å². The van der Waals surface area contributed by atoms with E-state index in [1.165, 1.54) is 11.1 Å². The number of nitrogens with zero attached hydrogens (tertiary/aromatic N) is 1.